The molecule has 18 heavy (non-hydrogen) atoms. The Morgan fingerprint density at radius 3 is 2.78 bits per heavy atom. The molecular weight excluding hydrogens is 220 g/mol. The lowest BCUT2D eigenvalue weighted by atomic mass is 10.0. The highest BCUT2D eigenvalue weighted by Gasteiger charge is 2.13. The maximum absolute atomic E-state index is 8.99. The minimum Gasteiger partial charge on any atom is -0.313 e. The molecule has 1 N–H and O–H groups in total. The zero-order valence-electron chi connectivity index (χ0n) is 11.0. The van der Waals surface area contributed by atoms with Gasteiger partial charge in [-0.2, -0.15) is 5.26 Å². The highest BCUT2D eigenvalue weighted by molar-refractivity contribution is 5.37. The molecule has 0 heterocycles. The van der Waals surface area contributed by atoms with Crippen molar-refractivity contribution in [2.75, 3.05) is 6.54 Å². The third-order valence-electron chi connectivity index (χ3n) is 3.89. The molecule has 2 nitrogen and oxygen atoms in total. The van der Waals surface area contributed by atoms with E-state index in [0.29, 0.717) is 0 Å². The first kappa shape index (κ1) is 13.1. The predicted octanol–water partition coefficient (Wildman–Crippen LogP) is 3.62. The quantitative estimate of drug-likeness (QED) is 0.773. The summed E-state index contributed by atoms with van der Waals surface area (Å²) in [5, 5.41) is 12.4. The number of hydrogen-bond donors (Lipinski definition) is 1. The standard InChI is InChI=1S/C16H22N2/c17-12-15-9-3-4-10-16(15)13-18-11-5-8-14-6-1-2-7-14/h3-4,9-10,14,18H,1-2,5-8,11,13H2. The monoisotopic (exact) mass is 242 g/mol. The van der Waals surface area contributed by atoms with Gasteiger partial charge in [0, 0.05) is 6.54 Å². The van der Waals surface area contributed by atoms with Gasteiger partial charge in [-0.05, 0) is 36.9 Å². The van der Waals surface area contributed by atoms with E-state index in [1.807, 2.05) is 24.3 Å². The van der Waals surface area contributed by atoms with Gasteiger partial charge in [0.2, 0.25) is 0 Å². The molecule has 0 aromatic heterocycles. The van der Waals surface area contributed by atoms with Gasteiger partial charge in [0.15, 0.2) is 0 Å². The topological polar surface area (TPSA) is 35.8 Å². The molecule has 0 saturated heterocycles. The molecule has 1 saturated carbocycles. The lowest BCUT2D eigenvalue weighted by Gasteiger charge is -2.09. The Kier molecular flexibility index (Phi) is 5.23. The van der Waals surface area contributed by atoms with E-state index in [0.717, 1.165) is 30.1 Å². The first-order valence-electron chi connectivity index (χ1n) is 7.09. The zero-order valence-corrected chi connectivity index (χ0v) is 11.0. The molecule has 1 aromatic carbocycles. The fourth-order valence-electron chi connectivity index (χ4n) is 2.82. The normalized spacial score (nSPS) is 15.7. The smallest absolute Gasteiger partial charge is 0.0995 e. The van der Waals surface area contributed by atoms with Crippen LogP contribution in [0.25, 0.3) is 0 Å². The van der Waals surface area contributed by atoms with Crippen LogP contribution in [0.4, 0.5) is 0 Å². The highest BCUT2D eigenvalue weighted by atomic mass is 14.8. The van der Waals surface area contributed by atoms with Gasteiger partial charge in [0.1, 0.15) is 0 Å². The van der Waals surface area contributed by atoms with Gasteiger partial charge in [-0.25, -0.2) is 0 Å². The van der Waals surface area contributed by atoms with Crippen LogP contribution in [0.15, 0.2) is 24.3 Å². The van der Waals surface area contributed by atoms with E-state index in [1.165, 1.54) is 38.5 Å². The molecular formula is C16H22N2. The number of hydrogen-bond acceptors (Lipinski definition) is 2. The Hall–Kier alpha value is -1.33. The number of nitrogens with zero attached hydrogens (tertiary/aromatic N) is 1. The molecule has 0 bridgehead atoms. The van der Waals surface area contributed by atoms with E-state index in [9.17, 15) is 0 Å². The van der Waals surface area contributed by atoms with Crippen molar-refractivity contribution in [3.8, 4) is 6.07 Å². The summed E-state index contributed by atoms with van der Waals surface area (Å²) in [6, 6.07) is 10.1. The Bertz CT molecular complexity index is 400. The van der Waals surface area contributed by atoms with Crippen molar-refractivity contribution in [3.63, 3.8) is 0 Å². The zero-order chi connectivity index (χ0) is 12.6. The molecule has 96 valence electrons. The van der Waals surface area contributed by atoms with Crippen molar-refractivity contribution in [1.29, 1.82) is 5.26 Å². The maximum Gasteiger partial charge on any atom is 0.0995 e. The average molecular weight is 242 g/mol. The molecule has 2 rings (SSSR count). The number of benzene rings is 1. The fourth-order valence-corrected chi connectivity index (χ4v) is 2.82. The first-order valence-corrected chi connectivity index (χ1v) is 7.09. The van der Waals surface area contributed by atoms with Crippen molar-refractivity contribution >= 4 is 0 Å². The summed E-state index contributed by atoms with van der Waals surface area (Å²) in [4.78, 5) is 0. The molecule has 0 radical (unpaired) electrons. The average Bonchev–Trinajstić information content (AvgIpc) is 2.92. The SMILES string of the molecule is N#Cc1ccccc1CNCCCC1CCCC1. The molecule has 0 aliphatic heterocycles. The molecule has 1 aliphatic rings. The Morgan fingerprint density at radius 1 is 1.22 bits per heavy atom. The van der Waals surface area contributed by atoms with Crippen LogP contribution < -0.4 is 5.32 Å². The van der Waals surface area contributed by atoms with E-state index in [2.05, 4.69) is 11.4 Å². The molecule has 0 unspecified atom stereocenters. The third kappa shape index (κ3) is 3.85. The van der Waals surface area contributed by atoms with Crippen molar-refractivity contribution in [1.82, 2.24) is 5.32 Å². The van der Waals surface area contributed by atoms with Crippen LogP contribution in [-0.4, -0.2) is 6.54 Å². The maximum atomic E-state index is 8.99. The van der Waals surface area contributed by atoms with E-state index in [-0.39, 0.29) is 0 Å². The molecule has 0 amide bonds. The summed E-state index contributed by atoms with van der Waals surface area (Å²) in [5.74, 6) is 0.984. The van der Waals surface area contributed by atoms with Gasteiger partial charge in [0.05, 0.1) is 11.6 Å². The van der Waals surface area contributed by atoms with Gasteiger partial charge in [-0.15, -0.1) is 0 Å². The van der Waals surface area contributed by atoms with E-state index >= 15 is 0 Å². The van der Waals surface area contributed by atoms with Crippen molar-refractivity contribution < 1.29 is 0 Å². The molecule has 0 spiro atoms. The summed E-state index contributed by atoms with van der Waals surface area (Å²) >= 11 is 0. The van der Waals surface area contributed by atoms with Crippen molar-refractivity contribution in [3.05, 3.63) is 35.4 Å². The predicted molar refractivity (Wildman–Crippen MR) is 74.1 cm³/mol. The second kappa shape index (κ2) is 7.18. The number of nitrogens with one attached hydrogen (secondary N) is 1. The Labute approximate surface area is 110 Å². The number of nitriles is 1. The summed E-state index contributed by atoms with van der Waals surface area (Å²) in [6.45, 7) is 1.88. The van der Waals surface area contributed by atoms with Crippen LogP contribution in [-0.2, 0) is 6.54 Å². The minimum atomic E-state index is 0.792. The first-order chi connectivity index (χ1) is 8.90. The minimum absolute atomic E-state index is 0.792. The molecule has 2 heteroatoms. The molecule has 1 fully saturated rings. The largest absolute Gasteiger partial charge is 0.313 e. The van der Waals surface area contributed by atoms with Gasteiger partial charge in [0.25, 0.3) is 0 Å². The van der Waals surface area contributed by atoms with Gasteiger partial charge in [-0.3, -0.25) is 0 Å². The summed E-state index contributed by atoms with van der Waals surface area (Å²) in [6.07, 6.45) is 8.39. The Balaban J connectivity index is 1.64. The molecule has 1 aliphatic carbocycles. The third-order valence-corrected chi connectivity index (χ3v) is 3.89. The van der Waals surface area contributed by atoms with Crippen LogP contribution in [0.1, 0.15) is 49.7 Å². The van der Waals surface area contributed by atoms with E-state index < -0.39 is 0 Å². The van der Waals surface area contributed by atoms with Crippen molar-refractivity contribution in [2.24, 2.45) is 5.92 Å². The van der Waals surface area contributed by atoms with Gasteiger partial charge >= 0.3 is 0 Å². The lowest BCUT2D eigenvalue weighted by molar-refractivity contribution is 0.470. The molecule has 0 atom stereocenters. The fraction of sp³-hybridized carbons (Fsp3) is 0.562. The second-order valence-corrected chi connectivity index (χ2v) is 5.24. The second-order valence-electron chi connectivity index (χ2n) is 5.24. The lowest BCUT2D eigenvalue weighted by Crippen LogP contribution is -2.16. The van der Waals surface area contributed by atoms with Crippen LogP contribution in [0, 0.1) is 17.2 Å². The van der Waals surface area contributed by atoms with Gasteiger partial charge < -0.3 is 5.32 Å². The van der Waals surface area contributed by atoms with Crippen LogP contribution in [0.2, 0.25) is 0 Å². The highest BCUT2D eigenvalue weighted by Crippen LogP contribution is 2.28. The van der Waals surface area contributed by atoms with Crippen LogP contribution in [0.5, 0.6) is 0 Å². The Morgan fingerprint density at radius 2 is 2.00 bits per heavy atom. The summed E-state index contributed by atoms with van der Waals surface area (Å²) in [7, 11) is 0. The van der Waals surface area contributed by atoms with Gasteiger partial charge in [-0.1, -0.05) is 43.9 Å². The van der Waals surface area contributed by atoms with Crippen molar-refractivity contribution in [2.45, 2.75) is 45.1 Å². The van der Waals surface area contributed by atoms with Crippen LogP contribution in [0.3, 0.4) is 0 Å². The van der Waals surface area contributed by atoms with E-state index in [4.69, 9.17) is 5.26 Å². The van der Waals surface area contributed by atoms with Crippen LogP contribution >= 0.6 is 0 Å². The van der Waals surface area contributed by atoms with E-state index in [1.54, 1.807) is 0 Å². The summed E-state index contributed by atoms with van der Waals surface area (Å²) < 4.78 is 0. The molecule has 1 aromatic rings. The summed E-state index contributed by atoms with van der Waals surface area (Å²) in [5.41, 5.74) is 1.90. The number of rotatable bonds is 6.